The van der Waals surface area contributed by atoms with Crippen molar-refractivity contribution in [1.82, 2.24) is 5.32 Å². The van der Waals surface area contributed by atoms with Crippen molar-refractivity contribution in [1.29, 1.82) is 0 Å². The number of aliphatic carboxylic acids is 1. The zero-order valence-corrected chi connectivity index (χ0v) is 9.75. The quantitative estimate of drug-likeness (QED) is 0.865. The maximum Gasteiger partial charge on any atom is 0.305 e. The van der Waals surface area contributed by atoms with Crippen LogP contribution in [0.1, 0.15) is 23.6 Å². The van der Waals surface area contributed by atoms with E-state index in [0.29, 0.717) is 0 Å². The summed E-state index contributed by atoms with van der Waals surface area (Å²) in [5.41, 5.74) is 2.35. The zero-order chi connectivity index (χ0) is 10.8. The molecule has 0 saturated heterocycles. The predicted octanol–water partition coefficient (Wildman–Crippen LogP) is 2.11. The molecule has 3 nitrogen and oxygen atoms in total. The van der Waals surface area contributed by atoms with Gasteiger partial charge in [-0.05, 0) is 30.2 Å². The fourth-order valence-corrected chi connectivity index (χ4v) is 2.71. The number of halogens is 1. The molecule has 1 aliphatic rings. The van der Waals surface area contributed by atoms with Gasteiger partial charge in [0.15, 0.2) is 0 Å². The molecule has 1 atom stereocenters. The molecule has 4 heteroatoms. The molecule has 1 aromatic rings. The maximum absolute atomic E-state index is 10.7. The van der Waals surface area contributed by atoms with Crippen molar-refractivity contribution in [2.75, 3.05) is 6.54 Å². The number of hydrogen-bond donors (Lipinski definition) is 2. The summed E-state index contributed by atoms with van der Waals surface area (Å²) >= 11 is 3.48. The molecule has 0 fully saturated rings. The minimum Gasteiger partial charge on any atom is -0.481 e. The zero-order valence-electron chi connectivity index (χ0n) is 8.16. The molecule has 0 bridgehead atoms. The molecule has 0 saturated carbocycles. The van der Waals surface area contributed by atoms with Gasteiger partial charge in [0.05, 0.1) is 6.42 Å². The molecule has 1 aliphatic heterocycles. The van der Waals surface area contributed by atoms with Crippen LogP contribution in [0.3, 0.4) is 0 Å². The summed E-state index contributed by atoms with van der Waals surface area (Å²) in [4.78, 5) is 10.7. The second-order valence-corrected chi connectivity index (χ2v) is 4.52. The first-order valence-corrected chi connectivity index (χ1v) is 5.70. The highest BCUT2D eigenvalue weighted by atomic mass is 79.9. The minimum atomic E-state index is -0.767. The van der Waals surface area contributed by atoms with Gasteiger partial charge in [0.1, 0.15) is 0 Å². The van der Waals surface area contributed by atoms with Gasteiger partial charge >= 0.3 is 5.97 Å². The van der Waals surface area contributed by atoms with Gasteiger partial charge in [-0.1, -0.05) is 28.1 Å². The Hall–Kier alpha value is -0.870. The first-order chi connectivity index (χ1) is 7.18. The number of carboxylic acids is 1. The van der Waals surface area contributed by atoms with Crippen LogP contribution < -0.4 is 5.32 Å². The van der Waals surface area contributed by atoms with Crippen molar-refractivity contribution in [2.45, 2.75) is 18.9 Å². The van der Waals surface area contributed by atoms with Gasteiger partial charge in [-0.3, -0.25) is 4.79 Å². The molecule has 0 spiro atoms. The Morgan fingerprint density at radius 1 is 1.60 bits per heavy atom. The molecule has 2 N–H and O–H groups in total. The molecule has 0 aliphatic carbocycles. The highest BCUT2D eigenvalue weighted by Crippen LogP contribution is 2.31. The van der Waals surface area contributed by atoms with E-state index in [1.807, 2.05) is 12.1 Å². The van der Waals surface area contributed by atoms with Gasteiger partial charge in [-0.15, -0.1) is 0 Å². The van der Waals surface area contributed by atoms with Crippen LogP contribution in [0.15, 0.2) is 22.7 Å². The average Bonchev–Trinajstić information content (AvgIpc) is 2.17. The van der Waals surface area contributed by atoms with Crippen LogP contribution in [0.5, 0.6) is 0 Å². The SMILES string of the molecule is O=C(O)CC1NCCc2cccc(Br)c21. The van der Waals surface area contributed by atoms with Gasteiger partial charge in [0, 0.05) is 10.5 Å². The third-order valence-corrected chi connectivity index (χ3v) is 3.35. The largest absolute Gasteiger partial charge is 0.481 e. The Morgan fingerprint density at radius 3 is 3.13 bits per heavy atom. The van der Waals surface area contributed by atoms with Crippen molar-refractivity contribution in [3.63, 3.8) is 0 Å². The highest BCUT2D eigenvalue weighted by molar-refractivity contribution is 9.10. The van der Waals surface area contributed by atoms with E-state index in [1.165, 1.54) is 5.56 Å². The molecule has 0 amide bonds. The van der Waals surface area contributed by atoms with Crippen LogP contribution in [-0.2, 0) is 11.2 Å². The van der Waals surface area contributed by atoms with Crippen molar-refractivity contribution in [3.8, 4) is 0 Å². The van der Waals surface area contributed by atoms with E-state index >= 15 is 0 Å². The van der Waals surface area contributed by atoms with E-state index in [1.54, 1.807) is 0 Å². The number of benzene rings is 1. The summed E-state index contributed by atoms with van der Waals surface area (Å²) in [7, 11) is 0. The summed E-state index contributed by atoms with van der Waals surface area (Å²) in [5, 5.41) is 12.1. The van der Waals surface area contributed by atoms with Crippen molar-refractivity contribution < 1.29 is 9.90 Å². The lowest BCUT2D eigenvalue weighted by molar-refractivity contribution is -0.137. The summed E-state index contributed by atoms with van der Waals surface area (Å²) < 4.78 is 0.999. The number of carbonyl (C=O) groups is 1. The average molecular weight is 270 g/mol. The molecular formula is C11H12BrNO2. The van der Waals surface area contributed by atoms with Gasteiger partial charge in [0.2, 0.25) is 0 Å². The van der Waals surface area contributed by atoms with Crippen LogP contribution in [0, 0.1) is 0 Å². The molecule has 80 valence electrons. The van der Waals surface area contributed by atoms with Crippen molar-refractivity contribution in [3.05, 3.63) is 33.8 Å². The van der Waals surface area contributed by atoms with Crippen LogP contribution in [0.25, 0.3) is 0 Å². The first-order valence-electron chi connectivity index (χ1n) is 4.91. The van der Waals surface area contributed by atoms with E-state index in [0.717, 1.165) is 23.0 Å². The standard InChI is InChI=1S/C11H12BrNO2/c12-8-3-1-2-7-4-5-13-9(11(7)8)6-10(14)15/h1-3,9,13H,4-6H2,(H,14,15). The third kappa shape index (κ3) is 2.21. The predicted molar refractivity (Wildman–Crippen MR) is 60.8 cm³/mol. The number of nitrogens with one attached hydrogen (secondary N) is 1. The van der Waals surface area contributed by atoms with Gasteiger partial charge in [-0.25, -0.2) is 0 Å². The van der Waals surface area contributed by atoms with E-state index in [2.05, 4.69) is 27.3 Å². The van der Waals surface area contributed by atoms with Crippen LogP contribution in [-0.4, -0.2) is 17.6 Å². The second kappa shape index (κ2) is 4.33. The first kappa shape index (κ1) is 10.6. The van der Waals surface area contributed by atoms with E-state index in [4.69, 9.17) is 5.11 Å². The van der Waals surface area contributed by atoms with Crippen molar-refractivity contribution >= 4 is 21.9 Å². The molecule has 2 rings (SSSR count). The van der Waals surface area contributed by atoms with Crippen molar-refractivity contribution in [2.24, 2.45) is 0 Å². The Kier molecular flexibility index (Phi) is 3.07. The molecule has 1 unspecified atom stereocenters. The Labute approximate surface area is 96.6 Å². The van der Waals surface area contributed by atoms with E-state index in [-0.39, 0.29) is 12.5 Å². The molecule has 0 aromatic heterocycles. The van der Waals surface area contributed by atoms with Gasteiger partial charge in [0.25, 0.3) is 0 Å². The Bertz CT molecular complexity index is 392. The third-order valence-electron chi connectivity index (χ3n) is 2.66. The maximum atomic E-state index is 10.7. The fourth-order valence-electron chi connectivity index (χ4n) is 2.02. The lowest BCUT2D eigenvalue weighted by atomic mass is 9.92. The number of fused-ring (bicyclic) bond motifs is 1. The molecular weight excluding hydrogens is 258 g/mol. The summed E-state index contributed by atoms with van der Waals surface area (Å²) in [5.74, 6) is -0.767. The summed E-state index contributed by atoms with van der Waals surface area (Å²) in [6, 6.07) is 5.95. The number of hydrogen-bond acceptors (Lipinski definition) is 2. The molecule has 1 aromatic carbocycles. The van der Waals surface area contributed by atoms with E-state index in [9.17, 15) is 4.79 Å². The molecule has 0 radical (unpaired) electrons. The topological polar surface area (TPSA) is 49.3 Å². The van der Waals surface area contributed by atoms with Crippen LogP contribution >= 0.6 is 15.9 Å². The lowest BCUT2D eigenvalue weighted by Crippen LogP contribution is -2.31. The summed E-state index contributed by atoms with van der Waals surface area (Å²) in [6.45, 7) is 0.849. The summed E-state index contributed by atoms with van der Waals surface area (Å²) in [6.07, 6.45) is 1.10. The van der Waals surface area contributed by atoms with Crippen LogP contribution in [0.4, 0.5) is 0 Å². The normalized spacial score (nSPS) is 19.7. The lowest BCUT2D eigenvalue weighted by Gasteiger charge is -2.26. The fraction of sp³-hybridized carbons (Fsp3) is 0.364. The smallest absolute Gasteiger partial charge is 0.305 e. The van der Waals surface area contributed by atoms with Crippen LogP contribution in [0.2, 0.25) is 0 Å². The van der Waals surface area contributed by atoms with Gasteiger partial charge in [-0.2, -0.15) is 0 Å². The Morgan fingerprint density at radius 2 is 2.40 bits per heavy atom. The highest BCUT2D eigenvalue weighted by Gasteiger charge is 2.23. The van der Waals surface area contributed by atoms with E-state index < -0.39 is 5.97 Å². The number of rotatable bonds is 2. The van der Waals surface area contributed by atoms with Gasteiger partial charge < -0.3 is 10.4 Å². The monoisotopic (exact) mass is 269 g/mol. The second-order valence-electron chi connectivity index (χ2n) is 3.67. The number of carboxylic acid groups (broad SMARTS) is 1. The Balaban J connectivity index is 2.36. The molecule has 15 heavy (non-hydrogen) atoms. The minimum absolute atomic E-state index is 0.0678. The molecule has 1 heterocycles.